The van der Waals surface area contributed by atoms with E-state index in [0.29, 0.717) is 23.0 Å². The second-order valence-electron chi connectivity index (χ2n) is 8.20. The van der Waals surface area contributed by atoms with Crippen LogP contribution in [0.5, 0.6) is 0 Å². The second-order valence-corrected chi connectivity index (χ2v) is 8.20. The van der Waals surface area contributed by atoms with Crippen LogP contribution < -0.4 is 11.2 Å². The van der Waals surface area contributed by atoms with Crippen molar-refractivity contribution < 1.29 is 18.0 Å². The number of aromatic nitrogens is 3. The van der Waals surface area contributed by atoms with E-state index in [1.165, 1.54) is 15.6 Å². The Morgan fingerprint density at radius 2 is 1.66 bits per heavy atom. The van der Waals surface area contributed by atoms with Crippen LogP contribution in [0.25, 0.3) is 22.3 Å². The highest BCUT2D eigenvalue weighted by Crippen LogP contribution is 2.30. The molecule has 0 radical (unpaired) electrons. The molecule has 198 valence electrons. The molecular weight excluding hydrogens is 493 g/mol. The Morgan fingerprint density at radius 3 is 2.24 bits per heavy atom. The highest BCUT2D eigenvalue weighted by molar-refractivity contribution is 5.83. The number of carbonyl (C=O) groups excluding carboxylic acids is 1. The average molecular weight is 523 g/mol. The number of carbonyl (C=O) groups is 1. The van der Waals surface area contributed by atoms with Crippen molar-refractivity contribution in [2.24, 2.45) is 5.10 Å². The van der Waals surface area contributed by atoms with E-state index in [4.69, 9.17) is 5.73 Å². The zero-order valence-corrected chi connectivity index (χ0v) is 21.6. The number of benzene rings is 1. The molecule has 0 amide bonds. The van der Waals surface area contributed by atoms with Crippen LogP contribution in [0, 0.1) is 6.92 Å². The Bertz CT molecular complexity index is 1450. The molecule has 0 aliphatic carbocycles. The number of nitrogen functional groups attached to an aromatic ring is 1. The van der Waals surface area contributed by atoms with Gasteiger partial charge in [-0.05, 0) is 47.9 Å². The Balaban J connectivity index is 0.00000195. The van der Waals surface area contributed by atoms with Gasteiger partial charge in [0.2, 0.25) is 6.41 Å². The molecule has 1 aromatic carbocycles. The van der Waals surface area contributed by atoms with Gasteiger partial charge >= 0.3 is 6.18 Å². The highest BCUT2D eigenvalue weighted by Gasteiger charge is 2.32. The van der Waals surface area contributed by atoms with Crippen molar-refractivity contribution in [1.82, 2.24) is 19.5 Å². The monoisotopic (exact) mass is 522 g/mol. The average Bonchev–Trinajstić information content (AvgIpc) is 2.91. The highest BCUT2D eigenvalue weighted by atomic mass is 19.4. The quantitative estimate of drug-likeness (QED) is 0.266. The van der Waals surface area contributed by atoms with Gasteiger partial charge in [-0.3, -0.25) is 19.4 Å². The van der Waals surface area contributed by atoms with Crippen LogP contribution >= 0.6 is 0 Å². The van der Waals surface area contributed by atoms with Crippen molar-refractivity contribution in [1.29, 1.82) is 0 Å². The molecule has 38 heavy (non-hydrogen) atoms. The molecule has 10 heteroatoms. The fourth-order valence-corrected chi connectivity index (χ4v) is 3.76. The third-order valence-electron chi connectivity index (χ3n) is 5.55. The van der Waals surface area contributed by atoms with Crippen molar-refractivity contribution in [2.45, 2.75) is 33.5 Å². The van der Waals surface area contributed by atoms with E-state index in [-0.39, 0.29) is 12.4 Å². The molecule has 0 spiro atoms. The van der Waals surface area contributed by atoms with Crippen LogP contribution in [0.15, 0.2) is 78.3 Å². The van der Waals surface area contributed by atoms with Crippen LogP contribution in [-0.4, -0.2) is 33.0 Å². The molecule has 3 aromatic heterocycles. The maximum absolute atomic E-state index is 13.0. The molecule has 0 aliphatic heterocycles. The van der Waals surface area contributed by atoms with E-state index in [9.17, 15) is 18.0 Å². The number of nitrogens with zero attached hydrogens (tertiary/aromatic N) is 5. The summed E-state index contributed by atoms with van der Waals surface area (Å²) >= 11 is 0. The van der Waals surface area contributed by atoms with Crippen LogP contribution in [0.1, 0.15) is 30.7 Å². The fraction of sp³-hybridized carbons (Fsp3) is 0.214. The minimum atomic E-state index is -4.59. The first-order valence-corrected chi connectivity index (χ1v) is 11.9. The topological polar surface area (TPSA) is 89.4 Å². The molecule has 2 N–H and O–H groups in total. The van der Waals surface area contributed by atoms with Crippen LogP contribution in [-0.2, 0) is 17.5 Å². The Hall–Kier alpha value is -4.47. The molecule has 0 bridgehead atoms. The van der Waals surface area contributed by atoms with Crippen molar-refractivity contribution in [3.63, 3.8) is 0 Å². The van der Waals surface area contributed by atoms with Gasteiger partial charge in [0.1, 0.15) is 11.5 Å². The standard InChI is InChI=1S/C26H23F3N6O.C2H6/c1-17-3-5-18(6-4-17)21-11-14-35(16-36)25(23(21)19-9-12-31-13-10-19)33-34(2)15-20-7-8-22(26(27,28)29)32-24(20)30;1-2/h3-14,16H,15H2,1-2H3,(H2,30,32);1-2H3/b33-25-;. The fourth-order valence-electron chi connectivity index (χ4n) is 3.76. The zero-order valence-electron chi connectivity index (χ0n) is 21.6. The van der Waals surface area contributed by atoms with Gasteiger partial charge in [-0.25, -0.2) is 4.98 Å². The minimum Gasteiger partial charge on any atom is -0.383 e. The van der Waals surface area contributed by atoms with E-state index in [0.717, 1.165) is 28.3 Å². The van der Waals surface area contributed by atoms with E-state index in [1.807, 2.05) is 63.2 Å². The summed E-state index contributed by atoms with van der Waals surface area (Å²) in [5, 5.41) is 6.16. The Morgan fingerprint density at radius 1 is 1.00 bits per heavy atom. The smallest absolute Gasteiger partial charge is 0.383 e. The summed E-state index contributed by atoms with van der Waals surface area (Å²) in [4.78, 5) is 19.5. The molecule has 0 fully saturated rings. The number of nitrogens with two attached hydrogens (primary N) is 1. The molecule has 0 saturated carbocycles. The van der Waals surface area contributed by atoms with Gasteiger partial charge in [0.25, 0.3) is 0 Å². The first-order valence-electron chi connectivity index (χ1n) is 11.9. The number of hydrogen-bond acceptors (Lipinski definition) is 6. The van der Waals surface area contributed by atoms with Crippen molar-refractivity contribution in [3.8, 4) is 22.3 Å². The predicted octanol–water partition coefficient (Wildman–Crippen LogP) is 5.53. The first-order chi connectivity index (χ1) is 18.2. The summed E-state index contributed by atoms with van der Waals surface area (Å²) in [6.45, 7) is 6.07. The third-order valence-corrected chi connectivity index (χ3v) is 5.55. The van der Waals surface area contributed by atoms with Gasteiger partial charge < -0.3 is 5.73 Å². The second kappa shape index (κ2) is 12.2. The summed E-state index contributed by atoms with van der Waals surface area (Å²) in [5.74, 6) is -0.238. The number of aryl methyl sites for hydroxylation is 1. The van der Waals surface area contributed by atoms with E-state index in [1.54, 1.807) is 25.6 Å². The van der Waals surface area contributed by atoms with E-state index >= 15 is 0 Å². The summed E-state index contributed by atoms with van der Waals surface area (Å²) in [6.07, 6.45) is 0.968. The van der Waals surface area contributed by atoms with Crippen LogP contribution in [0.4, 0.5) is 19.0 Å². The molecule has 7 nitrogen and oxygen atoms in total. The number of pyridine rings is 3. The summed E-state index contributed by atoms with van der Waals surface area (Å²) in [7, 11) is 1.64. The summed E-state index contributed by atoms with van der Waals surface area (Å²) in [5.41, 5.74) is 9.82. The van der Waals surface area contributed by atoms with Crippen LogP contribution in [0.2, 0.25) is 0 Å². The molecule has 3 heterocycles. The van der Waals surface area contributed by atoms with Crippen molar-refractivity contribution in [3.05, 3.63) is 95.5 Å². The maximum atomic E-state index is 13.0. The zero-order chi connectivity index (χ0) is 27.9. The van der Waals surface area contributed by atoms with E-state index < -0.39 is 11.9 Å². The van der Waals surface area contributed by atoms with Gasteiger partial charge in [-0.15, -0.1) is 0 Å². The number of anilines is 1. The summed E-state index contributed by atoms with van der Waals surface area (Å²) in [6, 6.07) is 15.6. The minimum absolute atomic E-state index is 0.0698. The lowest BCUT2D eigenvalue weighted by atomic mass is 9.96. The number of halogens is 3. The molecule has 0 aliphatic rings. The normalized spacial score (nSPS) is 11.5. The lowest BCUT2D eigenvalue weighted by Gasteiger charge is -2.18. The lowest BCUT2D eigenvalue weighted by Crippen LogP contribution is -2.28. The van der Waals surface area contributed by atoms with Gasteiger partial charge in [-0.2, -0.15) is 18.3 Å². The SMILES string of the molecule is CC.Cc1ccc(-c2ccn(C=O)/c(=N\N(C)Cc3ccc(C(F)(F)F)nc3N)c2-c2ccncc2)cc1. The first kappa shape index (κ1) is 28.1. The summed E-state index contributed by atoms with van der Waals surface area (Å²) < 4.78 is 40.2. The third kappa shape index (κ3) is 6.44. The van der Waals surface area contributed by atoms with Gasteiger partial charge in [0.15, 0.2) is 5.49 Å². The molecule has 0 unspecified atom stereocenters. The number of rotatable bonds is 6. The van der Waals surface area contributed by atoms with Gasteiger partial charge in [0, 0.05) is 36.8 Å². The maximum Gasteiger partial charge on any atom is 0.433 e. The van der Waals surface area contributed by atoms with Crippen molar-refractivity contribution >= 4 is 12.2 Å². The lowest BCUT2D eigenvalue weighted by molar-refractivity contribution is -0.141. The van der Waals surface area contributed by atoms with Gasteiger partial charge in [0.05, 0.1) is 6.54 Å². The Labute approximate surface area is 219 Å². The molecule has 0 saturated heterocycles. The molecule has 4 rings (SSSR count). The molecular formula is C28H29F3N6O. The van der Waals surface area contributed by atoms with Crippen LogP contribution in [0.3, 0.4) is 0 Å². The Kier molecular flexibility index (Phi) is 9.01. The van der Waals surface area contributed by atoms with Gasteiger partial charge in [-0.1, -0.05) is 49.7 Å². The predicted molar refractivity (Wildman–Crippen MR) is 142 cm³/mol. The number of alkyl halides is 3. The molecule has 4 aromatic rings. The molecule has 0 atom stereocenters. The number of hydrogen-bond donors (Lipinski definition) is 1. The van der Waals surface area contributed by atoms with E-state index in [2.05, 4.69) is 15.1 Å². The largest absolute Gasteiger partial charge is 0.433 e. The van der Waals surface area contributed by atoms with Crippen molar-refractivity contribution in [2.75, 3.05) is 12.8 Å².